The van der Waals surface area contributed by atoms with Crippen LogP contribution in [0.25, 0.3) is 0 Å². The van der Waals surface area contributed by atoms with Crippen molar-refractivity contribution in [2.24, 2.45) is 11.8 Å². The topological polar surface area (TPSA) is 81.2 Å². The van der Waals surface area contributed by atoms with Crippen LogP contribution in [0.1, 0.15) is 31.7 Å². The number of carbonyl (C=O) groups excluding carboxylic acids is 3. The molecular formula is C33H38ClN3O4S. The van der Waals surface area contributed by atoms with Crippen molar-refractivity contribution in [2.75, 3.05) is 24.6 Å². The molecule has 0 aliphatic carbocycles. The largest absolute Gasteiger partial charge is 0.394 e. The van der Waals surface area contributed by atoms with E-state index < -0.39 is 28.7 Å². The summed E-state index contributed by atoms with van der Waals surface area (Å²) >= 11 is 8.18. The highest BCUT2D eigenvalue weighted by Gasteiger charge is 2.74. The van der Waals surface area contributed by atoms with Crippen molar-refractivity contribution in [3.63, 3.8) is 0 Å². The highest BCUT2D eigenvalue weighted by Crippen LogP contribution is 2.67. The smallest absolute Gasteiger partial charge is 0.251 e. The highest BCUT2D eigenvalue weighted by molar-refractivity contribution is 8.02. The van der Waals surface area contributed by atoms with Crippen LogP contribution in [0.2, 0.25) is 5.02 Å². The molecule has 2 aromatic rings. The summed E-state index contributed by atoms with van der Waals surface area (Å²) in [5, 5.41) is 10.7. The number of carbonyl (C=O) groups is 3. The zero-order chi connectivity index (χ0) is 30.0. The lowest BCUT2D eigenvalue weighted by molar-refractivity contribution is -0.145. The van der Waals surface area contributed by atoms with Crippen molar-refractivity contribution < 1.29 is 19.5 Å². The molecule has 3 amide bonds. The number of aliphatic hydroxyl groups is 1. The molecule has 1 N–H and O–H groups in total. The van der Waals surface area contributed by atoms with E-state index in [4.69, 9.17) is 11.6 Å². The van der Waals surface area contributed by atoms with Crippen molar-refractivity contribution in [1.82, 2.24) is 9.80 Å². The van der Waals surface area contributed by atoms with Gasteiger partial charge in [0.05, 0.1) is 39.9 Å². The van der Waals surface area contributed by atoms with Gasteiger partial charge in [-0.2, -0.15) is 0 Å². The number of hydrogen-bond acceptors (Lipinski definition) is 5. The van der Waals surface area contributed by atoms with Gasteiger partial charge in [0.2, 0.25) is 11.8 Å². The van der Waals surface area contributed by atoms with Gasteiger partial charge in [-0.1, -0.05) is 73.1 Å². The van der Waals surface area contributed by atoms with Crippen LogP contribution in [-0.2, 0) is 20.9 Å². The number of halogens is 1. The van der Waals surface area contributed by atoms with Gasteiger partial charge in [0, 0.05) is 24.9 Å². The first-order chi connectivity index (χ1) is 20.3. The van der Waals surface area contributed by atoms with Crippen LogP contribution in [0.5, 0.6) is 0 Å². The van der Waals surface area contributed by atoms with E-state index in [2.05, 4.69) is 13.2 Å². The van der Waals surface area contributed by atoms with Gasteiger partial charge in [-0.25, -0.2) is 0 Å². The minimum Gasteiger partial charge on any atom is -0.394 e. The summed E-state index contributed by atoms with van der Waals surface area (Å²) in [6.07, 6.45) is 5.21. The van der Waals surface area contributed by atoms with Gasteiger partial charge in [-0.15, -0.1) is 24.9 Å². The number of aliphatic hydroxyl groups excluding tert-OH is 1. The van der Waals surface area contributed by atoms with Gasteiger partial charge in [-0.05, 0) is 37.0 Å². The fourth-order valence-electron chi connectivity index (χ4n) is 7.12. The molecule has 3 saturated heterocycles. The molecular weight excluding hydrogens is 570 g/mol. The first kappa shape index (κ1) is 30.4. The number of benzene rings is 2. The lowest BCUT2D eigenvalue weighted by Gasteiger charge is -2.39. The standard InChI is InChI=1S/C33H38ClN3O4S/c1-4-18-35(20-22-12-8-7-9-13-22)30(39)27-26-16-17-33(42-26)28(27)31(40)37(23(6-3)21-38)29(33)32(41)36(19-5-2)25-15-11-10-14-24(25)34/h4-5,7-15,23,26-29,38H,1-2,6,16-21H2,3H3/t23-,26-,27+,28-,29?,33?/m0/s1. The van der Waals surface area contributed by atoms with Crippen molar-refractivity contribution in [2.45, 2.75) is 54.8 Å². The Morgan fingerprint density at radius 3 is 2.45 bits per heavy atom. The Morgan fingerprint density at radius 1 is 1.12 bits per heavy atom. The highest BCUT2D eigenvalue weighted by atomic mass is 35.5. The summed E-state index contributed by atoms with van der Waals surface area (Å²) in [5.41, 5.74) is 1.54. The zero-order valence-electron chi connectivity index (χ0n) is 23.9. The van der Waals surface area contributed by atoms with Crippen LogP contribution in [-0.4, -0.2) is 74.4 Å². The maximum Gasteiger partial charge on any atom is 0.251 e. The van der Waals surface area contributed by atoms with Crippen LogP contribution in [0.4, 0.5) is 5.69 Å². The molecule has 7 nitrogen and oxygen atoms in total. The second kappa shape index (κ2) is 12.7. The summed E-state index contributed by atoms with van der Waals surface area (Å²) in [6.45, 7) is 10.3. The molecule has 0 saturated carbocycles. The summed E-state index contributed by atoms with van der Waals surface area (Å²) in [7, 11) is 0. The molecule has 3 heterocycles. The van der Waals surface area contributed by atoms with Crippen molar-refractivity contribution >= 4 is 46.8 Å². The number of likely N-dealkylation sites (tertiary alicyclic amines) is 1. The third kappa shape index (κ3) is 5.07. The predicted molar refractivity (Wildman–Crippen MR) is 168 cm³/mol. The van der Waals surface area contributed by atoms with E-state index in [1.807, 2.05) is 43.3 Å². The molecule has 0 radical (unpaired) electrons. The third-order valence-electron chi connectivity index (χ3n) is 8.93. The SMILES string of the molecule is C=CCN(Cc1ccccc1)C(=O)[C@@H]1[C@@H]2CCC3(S2)C(C(=O)N(CC=C)c2ccccc2Cl)N([C@@H](CC)CO)C(=O)[C@H]13. The number of fused-ring (bicyclic) bond motifs is 1. The lowest BCUT2D eigenvalue weighted by Crippen LogP contribution is -2.57. The molecule has 2 aromatic carbocycles. The minimum atomic E-state index is -0.849. The number of hydrogen-bond donors (Lipinski definition) is 1. The van der Waals surface area contributed by atoms with E-state index in [0.717, 1.165) is 12.0 Å². The van der Waals surface area contributed by atoms with Gasteiger partial charge in [0.1, 0.15) is 6.04 Å². The maximum atomic E-state index is 14.7. The average Bonchev–Trinajstić information content (AvgIpc) is 3.64. The second-order valence-electron chi connectivity index (χ2n) is 11.2. The van der Waals surface area contributed by atoms with E-state index in [1.165, 1.54) is 0 Å². The summed E-state index contributed by atoms with van der Waals surface area (Å²) < 4.78 is -0.783. The molecule has 2 bridgehead atoms. The first-order valence-electron chi connectivity index (χ1n) is 14.5. The third-order valence-corrected chi connectivity index (χ3v) is 11.2. The fraction of sp³-hybridized carbons (Fsp3) is 0.424. The Morgan fingerprint density at radius 2 is 1.81 bits per heavy atom. The monoisotopic (exact) mass is 607 g/mol. The molecule has 6 atom stereocenters. The molecule has 3 aliphatic rings. The van der Waals surface area contributed by atoms with Gasteiger partial charge in [-0.3, -0.25) is 14.4 Å². The van der Waals surface area contributed by atoms with Crippen LogP contribution in [0.3, 0.4) is 0 Å². The lowest BCUT2D eigenvalue weighted by atomic mass is 9.70. The second-order valence-corrected chi connectivity index (χ2v) is 13.2. The van der Waals surface area contributed by atoms with Crippen LogP contribution < -0.4 is 4.90 Å². The molecule has 222 valence electrons. The predicted octanol–water partition coefficient (Wildman–Crippen LogP) is 4.94. The quantitative estimate of drug-likeness (QED) is 0.346. The minimum absolute atomic E-state index is 0.0747. The first-order valence-corrected chi connectivity index (χ1v) is 15.8. The molecule has 3 fully saturated rings. The average molecular weight is 608 g/mol. The zero-order valence-corrected chi connectivity index (χ0v) is 25.5. The van der Waals surface area contributed by atoms with Crippen molar-refractivity contribution in [1.29, 1.82) is 0 Å². The summed E-state index contributed by atoms with van der Waals surface area (Å²) in [4.78, 5) is 48.4. The van der Waals surface area contributed by atoms with Crippen LogP contribution >= 0.6 is 23.4 Å². The van der Waals surface area contributed by atoms with Crippen molar-refractivity contribution in [3.05, 3.63) is 90.5 Å². The Hall–Kier alpha value is -3.07. The fourth-order valence-corrected chi connectivity index (χ4v) is 9.55. The Kier molecular flexibility index (Phi) is 9.16. The number of para-hydroxylation sites is 1. The Bertz CT molecular complexity index is 1350. The number of anilines is 1. The number of thioether (sulfide) groups is 1. The molecule has 5 rings (SSSR count). The number of rotatable bonds is 12. The van der Waals surface area contributed by atoms with Gasteiger partial charge >= 0.3 is 0 Å². The van der Waals surface area contributed by atoms with Gasteiger partial charge in [0.25, 0.3) is 5.91 Å². The van der Waals surface area contributed by atoms with E-state index in [1.54, 1.807) is 56.8 Å². The number of amides is 3. The summed E-state index contributed by atoms with van der Waals surface area (Å²) in [6, 6.07) is 15.5. The van der Waals surface area contributed by atoms with Gasteiger partial charge < -0.3 is 19.8 Å². The number of nitrogens with zero attached hydrogens (tertiary/aromatic N) is 3. The van der Waals surface area contributed by atoms with Crippen LogP contribution in [0.15, 0.2) is 79.9 Å². The molecule has 3 aliphatic heterocycles. The van der Waals surface area contributed by atoms with E-state index in [-0.39, 0.29) is 36.1 Å². The van der Waals surface area contributed by atoms with Gasteiger partial charge in [0.15, 0.2) is 0 Å². The van der Waals surface area contributed by atoms with Crippen molar-refractivity contribution in [3.8, 4) is 0 Å². The molecule has 0 aromatic heterocycles. The molecule has 1 spiro atoms. The Balaban J connectivity index is 1.56. The normalized spacial score (nSPS) is 26.5. The van der Waals surface area contributed by atoms with E-state index in [9.17, 15) is 19.5 Å². The molecule has 2 unspecified atom stereocenters. The van der Waals surface area contributed by atoms with Crippen LogP contribution in [0, 0.1) is 11.8 Å². The Labute approximate surface area is 257 Å². The van der Waals surface area contributed by atoms with E-state index in [0.29, 0.717) is 36.6 Å². The molecule has 42 heavy (non-hydrogen) atoms. The maximum absolute atomic E-state index is 14.7. The summed E-state index contributed by atoms with van der Waals surface area (Å²) in [5.74, 6) is -1.80. The molecule has 9 heteroatoms. The van der Waals surface area contributed by atoms with E-state index >= 15 is 0 Å².